The highest BCUT2D eigenvalue weighted by atomic mass is 32.1. The molecule has 1 aliphatic rings. The summed E-state index contributed by atoms with van der Waals surface area (Å²) in [5.74, 6) is 1.98. The van der Waals surface area contributed by atoms with Crippen LogP contribution < -0.4 is 0 Å². The Kier molecular flexibility index (Phi) is 7.19. The van der Waals surface area contributed by atoms with E-state index >= 15 is 0 Å². The number of rotatable bonds is 5. The summed E-state index contributed by atoms with van der Waals surface area (Å²) in [6, 6.07) is 67.5. The van der Waals surface area contributed by atoms with Crippen molar-refractivity contribution in [1.29, 1.82) is 0 Å². The second-order valence-corrected chi connectivity index (χ2v) is 16.4. The average Bonchev–Trinajstić information content (AvgIpc) is 3.92. The van der Waals surface area contributed by atoms with Gasteiger partial charge in [-0.15, -0.1) is 11.3 Å². The van der Waals surface area contributed by atoms with Gasteiger partial charge >= 0.3 is 0 Å². The molecule has 11 aromatic rings. The van der Waals surface area contributed by atoms with E-state index in [2.05, 4.69) is 163 Å². The molecule has 0 radical (unpaired) electrons. The highest BCUT2D eigenvalue weighted by Crippen LogP contribution is 2.54. The van der Waals surface area contributed by atoms with Crippen molar-refractivity contribution in [3.8, 4) is 51.0 Å². The molecule has 58 heavy (non-hydrogen) atoms. The first-order valence-electron chi connectivity index (χ1n) is 19.7. The number of para-hydroxylation sites is 1. The van der Waals surface area contributed by atoms with Gasteiger partial charge in [-0.1, -0.05) is 146 Å². The topological polar surface area (TPSA) is 43.6 Å². The minimum atomic E-state index is -0.273. The zero-order valence-corrected chi connectivity index (χ0v) is 32.4. The second-order valence-electron chi connectivity index (χ2n) is 15.3. The molecule has 12 rings (SSSR count). The molecule has 8 aromatic carbocycles. The molecule has 272 valence electrons. The maximum Gasteiger partial charge on any atom is 0.164 e. The molecule has 0 aliphatic heterocycles. The van der Waals surface area contributed by atoms with Crippen LogP contribution in [-0.2, 0) is 5.41 Å². The van der Waals surface area contributed by atoms with Gasteiger partial charge in [-0.3, -0.25) is 0 Å². The Labute approximate surface area is 339 Å². The van der Waals surface area contributed by atoms with E-state index in [0.29, 0.717) is 17.5 Å². The Morgan fingerprint density at radius 1 is 0.431 bits per heavy atom. The van der Waals surface area contributed by atoms with Gasteiger partial charge in [-0.2, -0.15) is 0 Å². The molecule has 3 aromatic heterocycles. The minimum absolute atomic E-state index is 0.273. The highest BCUT2D eigenvalue weighted by Gasteiger charge is 2.41. The smallest absolute Gasteiger partial charge is 0.164 e. The summed E-state index contributed by atoms with van der Waals surface area (Å²) in [6.45, 7) is 2.39. The predicted octanol–water partition coefficient (Wildman–Crippen LogP) is 13.7. The van der Waals surface area contributed by atoms with Crippen molar-refractivity contribution >= 4 is 53.3 Å². The van der Waals surface area contributed by atoms with Crippen LogP contribution in [0.4, 0.5) is 0 Å². The van der Waals surface area contributed by atoms with Gasteiger partial charge in [0.2, 0.25) is 0 Å². The first kappa shape index (κ1) is 33.0. The molecule has 5 heteroatoms. The van der Waals surface area contributed by atoms with E-state index in [9.17, 15) is 0 Å². The molecule has 0 N–H and O–H groups in total. The van der Waals surface area contributed by atoms with Crippen molar-refractivity contribution in [2.24, 2.45) is 0 Å². The molecule has 1 aliphatic carbocycles. The van der Waals surface area contributed by atoms with Crippen LogP contribution in [-0.4, -0.2) is 19.5 Å². The molecule has 4 nitrogen and oxygen atoms in total. The van der Waals surface area contributed by atoms with Crippen LogP contribution in [0.25, 0.3) is 93.0 Å². The van der Waals surface area contributed by atoms with E-state index < -0.39 is 0 Å². The van der Waals surface area contributed by atoms with E-state index in [1.807, 2.05) is 47.7 Å². The Morgan fingerprint density at radius 3 is 1.83 bits per heavy atom. The van der Waals surface area contributed by atoms with Crippen molar-refractivity contribution < 1.29 is 0 Å². The number of hydrogen-bond acceptors (Lipinski definition) is 4. The largest absolute Gasteiger partial charge is 0.309 e. The fraction of sp³-hybridized carbons (Fsp3) is 0.0377. The number of thiophene rings is 1. The second kappa shape index (κ2) is 12.7. The molecule has 0 saturated heterocycles. The quantitative estimate of drug-likeness (QED) is 0.176. The van der Waals surface area contributed by atoms with E-state index in [0.717, 1.165) is 27.8 Å². The summed E-state index contributed by atoms with van der Waals surface area (Å²) < 4.78 is 4.88. The lowest BCUT2D eigenvalue weighted by molar-refractivity contribution is 0.715. The van der Waals surface area contributed by atoms with Crippen molar-refractivity contribution in [1.82, 2.24) is 19.5 Å². The molecule has 3 heterocycles. The number of aromatic nitrogens is 4. The van der Waals surface area contributed by atoms with Gasteiger partial charge in [0.25, 0.3) is 0 Å². The molecule has 0 amide bonds. The fourth-order valence-corrected chi connectivity index (χ4v) is 10.5. The van der Waals surface area contributed by atoms with Gasteiger partial charge in [0, 0.05) is 58.7 Å². The normalized spacial score (nSPS) is 14.7. The average molecular weight is 759 g/mol. The number of fused-ring (bicyclic) bond motifs is 9. The van der Waals surface area contributed by atoms with Crippen LogP contribution in [0.15, 0.2) is 188 Å². The van der Waals surface area contributed by atoms with Crippen molar-refractivity contribution in [3.05, 3.63) is 205 Å². The SMILES string of the molecule is CC1(c2ccccc2)c2ccccc2-c2cc3c(cc21)c1ccccc1n3-c1ccc2sc3cccc(-c4nc(-c5ccccc5)nc(-c5ccccc5)n4)c3c2c1. The molecule has 0 bridgehead atoms. The third kappa shape index (κ3) is 4.84. The fourth-order valence-electron chi connectivity index (χ4n) is 9.38. The van der Waals surface area contributed by atoms with Gasteiger partial charge in [0.05, 0.1) is 11.0 Å². The zero-order valence-electron chi connectivity index (χ0n) is 31.6. The summed E-state index contributed by atoms with van der Waals surface area (Å²) in [5, 5.41) is 4.84. The summed E-state index contributed by atoms with van der Waals surface area (Å²) in [5.41, 5.74) is 12.7. The van der Waals surface area contributed by atoms with Crippen LogP contribution in [0.5, 0.6) is 0 Å². The third-order valence-corrected chi connectivity index (χ3v) is 13.3. The lowest BCUT2D eigenvalue weighted by atomic mass is 9.74. The first-order valence-corrected chi connectivity index (χ1v) is 20.5. The number of nitrogens with zero attached hydrogens (tertiary/aromatic N) is 4. The van der Waals surface area contributed by atoms with Crippen molar-refractivity contribution in [3.63, 3.8) is 0 Å². The molecular weight excluding hydrogens is 725 g/mol. The third-order valence-electron chi connectivity index (χ3n) is 12.1. The molecule has 0 fully saturated rings. The van der Waals surface area contributed by atoms with Gasteiger partial charge in [-0.05, 0) is 77.2 Å². The van der Waals surface area contributed by atoms with Crippen molar-refractivity contribution in [2.45, 2.75) is 12.3 Å². The first-order chi connectivity index (χ1) is 28.6. The predicted molar refractivity (Wildman–Crippen MR) is 241 cm³/mol. The Hall–Kier alpha value is -7.21. The maximum atomic E-state index is 5.15. The Morgan fingerprint density at radius 2 is 1.07 bits per heavy atom. The maximum absolute atomic E-state index is 5.15. The lowest BCUT2D eigenvalue weighted by Gasteiger charge is -2.28. The van der Waals surface area contributed by atoms with Crippen molar-refractivity contribution in [2.75, 3.05) is 0 Å². The molecule has 0 saturated carbocycles. The summed E-state index contributed by atoms with van der Waals surface area (Å²) in [7, 11) is 0. The lowest BCUT2D eigenvalue weighted by Crippen LogP contribution is -2.22. The van der Waals surface area contributed by atoms with Crippen LogP contribution in [0.2, 0.25) is 0 Å². The summed E-state index contributed by atoms with van der Waals surface area (Å²) in [6.07, 6.45) is 0. The Bertz CT molecular complexity index is 3350. The van der Waals surface area contributed by atoms with Gasteiger partial charge in [0.15, 0.2) is 17.5 Å². The molecular formula is C53H34N4S. The van der Waals surface area contributed by atoms with Crippen LogP contribution in [0.3, 0.4) is 0 Å². The van der Waals surface area contributed by atoms with E-state index in [4.69, 9.17) is 15.0 Å². The van der Waals surface area contributed by atoms with Gasteiger partial charge in [0.1, 0.15) is 0 Å². The number of hydrogen-bond donors (Lipinski definition) is 0. The monoisotopic (exact) mass is 758 g/mol. The van der Waals surface area contributed by atoms with Gasteiger partial charge in [-0.25, -0.2) is 15.0 Å². The van der Waals surface area contributed by atoms with E-state index in [1.54, 1.807) is 0 Å². The van der Waals surface area contributed by atoms with E-state index in [-0.39, 0.29) is 5.41 Å². The number of benzene rings is 8. The molecule has 0 spiro atoms. The summed E-state index contributed by atoms with van der Waals surface area (Å²) >= 11 is 1.81. The standard InChI is InChI=1S/C53H34N4S/c1-53(35-20-9-4-10-21-35)43-25-13-11-22-37(43)40-32-46-41(31-44(40)53)38-23-12-14-26-45(38)57(46)36-28-29-47-42(30-36)49-39(24-15-27-48(49)58-47)52-55-50(33-16-5-2-6-17-33)54-51(56-52)34-18-7-3-8-19-34/h2-32H,1H3. The molecule has 1 atom stereocenters. The van der Waals surface area contributed by atoms with Crippen LogP contribution >= 0.6 is 11.3 Å². The Balaban J connectivity index is 1.10. The summed E-state index contributed by atoms with van der Waals surface area (Å²) in [4.78, 5) is 15.3. The van der Waals surface area contributed by atoms with Gasteiger partial charge < -0.3 is 4.57 Å². The zero-order chi connectivity index (χ0) is 38.4. The van der Waals surface area contributed by atoms with Crippen LogP contribution in [0, 0.1) is 0 Å². The highest BCUT2D eigenvalue weighted by molar-refractivity contribution is 7.26. The van der Waals surface area contributed by atoms with Crippen LogP contribution in [0.1, 0.15) is 23.6 Å². The minimum Gasteiger partial charge on any atom is -0.309 e. The van der Waals surface area contributed by atoms with E-state index in [1.165, 1.54) is 64.4 Å². The molecule has 1 unspecified atom stereocenters.